The van der Waals surface area contributed by atoms with E-state index in [1.54, 1.807) is 11.1 Å². The zero-order valence-electron chi connectivity index (χ0n) is 10.3. The van der Waals surface area contributed by atoms with E-state index in [9.17, 15) is 0 Å². The number of hydrogen-bond donors (Lipinski definition) is 0. The lowest BCUT2D eigenvalue weighted by molar-refractivity contribution is 0.584. The van der Waals surface area contributed by atoms with Crippen LogP contribution in [0.3, 0.4) is 0 Å². The van der Waals surface area contributed by atoms with Crippen molar-refractivity contribution in [1.82, 2.24) is 0 Å². The fourth-order valence-corrected chi connectivity index (χ4v) is 2.89. The molecule has 0 aromatic heterocycles. The molecule has 1 aliphatic carbocycles. The second kappa shape index (κ2) is 4.37. The highest BCUT2D eigenvalue weighted by atomic mass is 14.2. The highest BCUT2D eigenvalue weighted by molar-refractivity contribution is 5.36. The van der Waals surface area contributed by atoms with Crippen molar-refractivity contribution in [3.63, 3.8) is 0 Å². The molecule has 0 heterocycles. The summed E-state index contributed by atoms with van der Waals surface area (Å²) < 4.78 is 0. The van der Waals surface area contributed by atoms with E-state index in [0.717, 1.165) is 0 Å². The van der Waals surface area contributed by atoms with Crippen molar-refractivity contribution < 1.29 is 0 Å². The lowest BCUT2D eigenvalue weighted by atomic mass is 9.80. The quantitative estimate of drug-likeness (QED) is 0.676. The third-order valence-electron chi connectivity index (χ3n) is 3.86. The van der Waals surface area contributed by atoms with Gasteiger partial charge in [-0.2, -0.15) is 0 Å². The predicted octanol–water partition coefficient (Wildman–Crippen LogP) is 4.27. The smallest absolute Gasteiger partial charge is 0.0118 e. The molecule has 86 valence electrons. The lowest BCUT2D eigenvalue weighted by Gasteiger charge is -2.25. The van der Waals surface area contributed by atoms with Crippen LogP contribution in [0.1, 0.15) is 34.6 Å². The third kappa shape index (κ3) is 2.12. The van der Waals surface area contributed by atoms with Gasteiger partial charge in [0, 0.05) is 0 Å². The second-order valence-electron chi connectivity index (χ2n) is 5.12. The summed E-state index contributed by atoms with van der Waals surface area (Å²) in [4.78, 5) is 0. The maximum Gasteiger partial charge on any atom is -0.0118 e. The second-order valence-corrected chi connectivity index (χ2v) is 5.12. The summed E-state index contributed by atoms with van der Waals surface area (Å²) in [6.45, 7) is 2.18. The van der Waals surface area contributed by atoms with Gasteiger partial charge in [-0.1, -0.05) is 54.1 Å². The Balaban J connectivity index is 1.88. The molecular formula is C17H18. The molecule has 17 heavy (non-hydrogen) atoms. The first kappa shape index (κ1) is 10.6. The van der Waals surface area contributed by atoms with E-state index in [4.69, 9.17) is 0 Å². The van der Waals surface area contributed by atoms with Crippen molar-refractivity contribution in [2.45, 2.75) is 32.1 Å². The van der Waals surface area contributed by atoms with Gasteiger partial charge in [-0.15, -0.1) is 0 Å². The topological polar surface area (TPSA) is 0 Å². The first-order valence-electron chi connectivity index (χ1n) is 6.46. The Labute approximate surface area is 103 Å². The zero-order valence-corrected chi connectivity index (χ0v) is 10.3. The van der Waals surface area contributed by atoms with Crippen molar-refractivity contribution in [2.75, 3.05) is 0 Å². The number of rotatable bonds is 1. The van der Waals surface area contributed by atoms with E-state index in [0.29, 0.717) is 5.92 Å². The SMILES string of the molecule is Cc1ccc2c(c1)CCC(c1ccccc1)C2. The van der Waals surface area contributed by atoms with Crippen LogP contribution in [-0.4, -0.2) is 0 Å². The Morgan fingerprint density at radius 2 is 1.76 bits per heavy atom. The Morgan fingerprint density at radius 3 is 2.59 bits per heavy atom. The van der Waals surface area contributed by atoms with Gasteiger partial charge in [0.25, 0.3) is 0 Å². The van der Waals surface area contributed by atoms with Gasteiger partial charge >= 0.3 is 0 Å². The normalized spacial score (nSPS) is 18.8. The van der Waals surface area contributed by atoms with Crippen LogP contribution < -0.4 is 0 Å². The summed E-state index contributed by atoms with van der Waals surface area (Å²) in [5.41, 5.74) is 6.01. The molecule has 2 aromatic rings. The number of fused-ring (bicyclic) bond motifs is 1. The molecule has 0 saturated carbocycles. The average Bonchev–Trinajstić information content (AvgIpc) is 2.39. The van der Waals surface area contributed by atoms with Crippen molar-refractivity contribution in [3.8, 4) is 0 Å². The van der Waals surface area contributed by atoms with Crippen LogP contribution in [0.15, 0.2) is 48.5 Å². The molecular weight excluding hydrogens is 204 g/mol. The Kier molecular flexibility index (Phi) is 2.72. The molecule has 0 fully saturated rings. The fraction of sp³-hybridized carbons (Fsp3) is 0.294. The van der Waals surface area contributed by atoms with E-state index < -0.39 is 0 Å². The van der Waals surface area contributed by atoms with E-state index in [-0.39, 0.29) is 0 Å². The molecule has 0 heteroatoms. The van der Waals surface area contributed by atoms with Crippen LogP contribution in [0, 0.1) is 6.92 Å². The summed E-state index contributed by atoms with van der Waals surface area (Å²) >= 11 is 0. The highest BCUT2D eigenvalue weighted by Crippen LogP contribution is 2.32. The monoisotopic (exact) mass is 222 g/mol. The van der Waals surface area contributed by atoms with Crippen LogP contribution in [0.25, 0.3) is 0 Å². The van der Waals surface area contributed by atoms with E-state index in [1.165, 1.54) is 30.4 Å². The van der Waals surface area contributed by atoms with Crippen LogP contribution in [-0.2, 0) is 12.8 Å². The minimum absolute atomic E-state index is 0.714. The van der Waals surface area contributed by atoms with Crippen LogP contribution in [0.5, 0.6) is 0 Å². The first-order chi connectivity index (χ1) is 8.33. The summed E-state index contributed by atoms with van der Waals surface area (Å²) in [5, 5.41) is 0. The lowest BCUT2D eigenvalue weighted by Crippen LogP contribution is -2.12. The summed E-state index contributed by atoms with van der Waals surface area (Å²) in [7, 11) is 0. The van der Waals surface area contributed by atoms with Crippen LogP contribution in [0.2, 0.25) is 0 Å². The van der Waals surface area contributed by atoms with Crippen molar-refractivity contribution in [3.05, 3.63) is 70.8 Å². The summed E-state index contributed by atoms with van der Waals surface area (Å²) in [6, 6.07) is 17.9. The maximum absolute atomic E-state index is 2.36. The third-order valence-corrected chi connectivity index (χ3v) is 3.86. The van der Waals surface area contributed by atoms with Gasteiger partial charge in [0.05, 0.1) is 0 Å². The molecule has 2 aromatic carbocycles. The fourth-order valence-electron chi connectivity index (χ4n) is 2.89. The van der Waals surface area contributed by atoms with Gasteiger partial charge in [0.15, 0.2) is 0 Å². The average molecular weight is 222 g/mol. The highest BCUT2D eigenvalue weighted by Gasteiger charge is 2.19. The maximum atomic E-state index is 2.36. The van der Waals surface area contributed by atoms with Crippen molar-refractivity contribution in [2.24, 2.45) is 0 Å². The van der Waals surface area contributed by atoms with Crippen molar-refractivity contribution >= 4 is 0 Å². The molecule has 0 amide bonds. The molecule has 1 unspecified atom stereocenters. The molecule has 0 nitrogen and oxygen atoms in total. The molecule has 1 atom stereocenters. The molecule has 0 aliphatic heterocycles. The van der Waals surface area contributed by atoms with Gasteiger partial charge < -0.3 is 0 Å². The predicted molar refractivity (Wildman–Crippen MR) is 72.4 cm³/mol. The molecule has 0 saturated heterocycles. The van der Waals surface area contributed by atoms with Crippen molar-refractivity contribution in [1.29, 1.82) is 0 Å². The minimum Gasteiger partial charge on any atom is -0.0622 e. The molecule has 0 radical (unpaired) electrons. The first-order valence-corrected chi connectivity index (χ1v) is 6.46. The van der Waals surface area contributed by atoms with Crippen LogP contribution in [0.4, 0.5) is 0 Å². The number of benzene rings is 2. The molecule has 1 aliphatic rings. The standard InChI is InChI=1S/C17H18/c1-13-7-8-17-12-16(10-9-15(17)11-13)14-5-3-2-4-6-14/h2-8,11,16H,9-10,12H2,1H3. The van der Waals surface area contributed by atoms with E-state index >= 15 is 0 Å². The largest absolute Gasteiger partial charge is 0.0622 e. The number of hydrogen-bond acceptors (Lipinski definition) is 0. The number of aryl methyl sites for hydroxylation is 2. The van der Waals surface area contributed by atoms with Gasteiger partial charge in [0.1, 0.15) is 0 Å². The molecule has 0 bridgehead atoms. The molecule has 0 N–H and O–H groups in total. The molecule has 3 rings (SSSR count). The van der Waals surface area contributed by atoms with Gasteiger partial charge in [-0.05, 0) is 48.8 Å². The summed E-state index contributed by atoms with van der Waals surface area (Å²) in [5.74, 6) is 0.714. The Bertz CT molecular complexity index is 511. The minimum atomic E-state index is 0.714. The Hall–Kier alpha value is -1.56. The van der Waals surface area contributed by atoms with E-state index in [2.05, 4.69) is 55.5 Å². The molecule has 0 spiro atoms. The Morgan fingerprint density at radius 1 is 0.941 bits per heavy atom. The van der Waals surface area contributed by atoms with Gasteiger partial charge in [-0.3, -0.25) is 0 Å². The van der Waals surface area contributed by atoms with Crippen LogP contribution >= 0.6 is 0 Å². The summed E-state index contributed by atoms with van der Waals surface area (Å²) in [6.07, 6.45) is 3.73. The van der Waals surface area contributed by atoms with Gasteiger partial charge in [-0.25, -0.2) is 0 Å². The zero-order chi connectivity index (χ0) is 11.7. The van der Waals surface area contributed by atoms with E-state index in [1.807, 2.05) is 0 Å². The van der Waals surface area contributed by atoms with Gasteiger partial charge in [0.2, 0.25) is 0 Å².